The number of allylic oxidation sites excluding steroid dienone is 2. The van der Waals surface area contributed by atoms with Crippen LogP contribution in [0, 0.1) is 5.92 Å². The van der Waals surface area contributed by atoms with E-state index in [1.807, 2.05) is 12.2 Å². The lowest BCUT2D eigenvalue weighted by Gasteiger charge is -2.16. The Labute approximate surface area is 122 Å². The minimum absolute atomic E-state index is 0.144. The Morgan fingerprint density at radius 3 is 3.00 bits per heavy atom. The van der Waals surface area contributed by atoms with Crippen molar-refractivity contribution >= 4 is 29.2 Å². The first-order chi connectivity index (χ1) is 9.66. The van der Waals surface area contributed by atoms with Gasteiger partial charge in [0.05, 0.1) is 11.6 Å². The molecule has 2 rings (SSSR count). The Morgan fingerprint density at radius 1 is 1.45 bits per heavy atom. The zero-order valence-corrected chi connectivity index (χ0v) is 11.6. The Balaban J connectivity index is 1.79. The molecule has 1 aliphatic rings. The van der Waals surface area contributed by atoms with Crippen molar-refractivity contribution in [3.05, 3.63) is 35.6 Å². The second kappa shape index (κ2) is 7.05. The molecule has 0 fully saturated rings. The molecule has 1 atom stereocenters. The summed E-state index contributed by atoms with van der Waals surface area (Å²) < 4.78 is 5.01. The van der Waals surface area contributed by atoms with Crippen LogP contribution in [0.5, 0.6) is 0 Å². The van der Waals surface area contributed by atoms with Gasteiger partial charge in [-0.25, -0.2) is 4.98 Å². The summed E-state index contributed by atoms with van der Waals surface area (Å²) in [6.07, 6.45) is 7.85. The van der Waals surface area contributed by atoms with Crippen molar-refractivity contribution in [2.75, 3.05) is 11.9 Å². The van der Waals surface area contributed by atoms with E-state index in [0.29, 0.717) is 12.1 Å². The van der Waals surface area contributed by atoms with Gasteiger partial charge < -0.3 is 10.1 Å². The molecule has 0 radical (unpaired) electrons. The zero-order chi connectivity index (χ0) is 14.4. The van der Waals surface area contributed by atoms with Crippen LogP contribution in [0.2, 0.25) is 5.15 Å². The standard InChI is InChI=1S/C14H15ClN2O3/c15-13-11(7-4-8-16-13)17-12(18)9-20-14(19)10-5-2-1-3-6-10/h1-2,4,7-8,10H,3,5-6,9H2,(H,17,18)/t10-/m1/s1. The van der Waals surface area contributed by atoms with E-state index in [-0.39, 0.29) is 23.6 Å². The number of rotatable bonds is 4. The van der Waals surface area contributed by atoms with Gasteiger partial charge in [0.1, 0.15) is 0 Å². The van der Waals surface area contributed by atoms with Crippen molar-refractivity contribution < 1.29 is 14.3 Å². The third-order valence-electron chi connectivity index (χ3n) is 2.98. The number of esters is 1. The summed E-state index contributed by atoms with van der Waals surface area (Å²) in [6.45, 7) is -0.315. The van der Waals surface area contributed by atoms with Gasteiger partial charge in [0.15, 0.2) is 11.8 Å². The van der Waals surface area contributed by atoms with Crippen molar-refractivity contribution in [1.82, 2.24) is 4.98 Å². The zero-order valence-electron chi connectivity index (χ0n) is 10.8. The first-order valence-electron chi connectivity index (χ1n) is 6.39. The predicted octanol–water partition coefficient (Wildman–Crippen LogP) is 2.57. The number of pyridine rings is 1. The summed E-state index contributed by atoms with van der Waals surface area (Å²) >= 11 is 5.81. The fraction of sp³-hybridized carbons (Fsp3) is 0.357. The molecule has 0 bridgehead atoms. The number of nitrogens with one attached hydrogen (secondary N) is 1. The van der Waals surface area contributed by atoms with Gasteiger partial charge in [0.2, 0.25) is 0 Å². The van der Waals surface area contributed by atoms with Crippen LogP contribution in [0.3, 0.4) is 0 Å². The molecule has 1 aromatic heterocycles. The Hall–Kier alpha value is -1.88. The summed E-state index contributed by atoms with van der Waals surface area (Å²) in [5, 5.41) is 2.74. The minimum Gasteiger partial charge on any atom is -0.455 e. The molecule has 1 amide bonds. The number of anilines is 1. The highest BCUT2D eigenvalue weighted by Gasteiger charge is 2.21. The van der Waals surface area contributed by atoms with Gasteiger partial charge >= 0.3 is 5.97 Å². The largest absolute Gasteiger partial charge is 0.455 e. The van der Waals surface area contributed by atoms with Crippen LogP contribution in [-0.4, -0.2) is 23.5 Å². The number of halogens is 1. The second-order valence-corrected chi connectivity index (χ2v) is 4.84. The highest BCUT2D eigenvalue weighted by Crippen LogP contribution is 2.20. The summed E-state index contributed by atoms with van der Waals surface area (Å²) in [5.41, 5.74) is 0.399. The Kier molecular flexibility index (Phi) is 5.12. The first-order valence-corrected chi connectivity index (χ1v) is 6.76. The molecular weight excluding hydrogens is 280 g/mol. The van der Waals surface area contributed by atoms with Crippen molar-refractivity contribution in [3.8, 4) is 0 Å². The highest BCUT2D eigenvalue weighted by atomic mass is 35.5. The first kappa shape index (κ1) is 14.5. The highest BCUT2D eigenvalue weighted by molar-refractivity contribution is 6.32. The molecule has 1 N–H and O–H groups in total. The van der Waals surface area contributed by atoms with E-state index in [1.165, 1.54) is 6.20 Å². The predicted molar refractivity (Wildman–Crippen MR) is 75.3 cm³/mol. The molecule has 0 unspecified atom stereocenters. The van der Waals surface area contributed by atoms with E-state index in [2.05, 4.69) is 10.3 Å². The molecular formula is C14H15ClN2O3. The van der Waals surface area contributed by atoms with Crippen molar-refractivity contribution in [1.29, 1.82) is 0 Å². The van der Waals surface area contributed by atoms with E-state index in [9.17, 15) is 9.59 Å². The minimum atomic E-state index is -0.431. The van der Waals surface area contributed by atoms with Gasteiger partial charge in [-0.15, -0.1) is 0 Å². The molecule has 1 aliphatic carbocycles. The molecule has 0 aromatic carbocycles. The average Bonchev–Trinajstić information content (AvgIpc) is 2.48. The van der Waals surface area contributed by atoms with Crippen LogP contribution in [-0.2, 0) is 14.3 Å². The van der Waals surface area contributed by atoms with Crippen LogP contribution in [0.4, 0.5) is 5.69 Å². The fourth-order valence-corrected chi connectivity index (χ4v) is 2.09. The van der Waals surface area contributed by atoms with E-state index in [0.717, 1.165) is 12.8 Å². The van der Waals surface area contributed by atoms with E-state index >= 15 is 0 Å². The lowest BCUT2D eigenvalue weighted by atomic mass is 9.95. The molecule has 20 heavy (non-hydrogen) atoms. The maximum atomic E-state index is 11.7. The van der Waals surface area contributed by atoms with Gasteiger partial charge in [-0.3, -0.25) is 9.59 Å². The lowest BCUT2D eigenvalue weighted by Crippen LogP contribution is -2.25. The molecule has 1 heterocycles. The number of hydrogen-bond donors (Lipinski definition) is 1. The SMILES string of the molecule is O=C(COC(=O)[C@@H]1CC=CCC1)Nc1cccnc1Cl. The third kappa shape index (κ3) is 4.06. The number of carbonyl (C=O) groups is 2. The summed E-state index contributed by atoms with van der Waals surface area (Å²) in [5.74, 6) is -0.906. The smallest absolute Gasteiger partial charge is 0.309 e. The van der Waals surface area contributed by atoms with Gasteiger partial charge in [-0.1, -0.05) is 23.8 Å². The number of aromatic nitrogens is 1. The Morgan fingerprint density at radius 2 is 2.30 bits per heavy atom. The Bertz CT molecular complexity index is 531. The molecule has 6 heteroatoms. The van der Waals surface area contributed by atoms with Crippen LogP contribution in [0.25, 0.3) is 0 Å². The lowest BCUT2D eigenvalue weighted by molar-refractivity contribution is -0.151. The van der Waals surface area contributed by atoms with Crippen molar-refractivity contribution in [3.63, 3.8) is 0 Å². The normalized spacial score (nSPS) is 17.6. The van der Waals surface area contributed by atoms with Gasteiger partial charge in [-0.05, 0) is 31.4 Å². The fourth-order valence-electron chi connectivity index (χ4n) is 1.93. The van der Waals surface area contributed by atoms with E-state index in [1.54, 1.807) is 12.1 Å². The summed E-state index contributed by atoms with van der Waals surface area (Å²) in [7, 11) is 0. The molecule has 0 saturated heterocycles. The monoisotopic (exact) mass is 294 g/mol. The van der Waals surface area contributed by atoms with E-state index in [4.69, 9.17) is 16.3 Å². The second-order valence-electron chi connectivity index (χ2n) is 4.48. The number of ether oxygens (including phenoxy) is 1. The van der Waals surface area contributed by atoms with Crippen LogP contribution < -0.4 is 5.32 Å². The van der Waals surface area contributed by atoms with Crippen molar-refractivity contribution in [2.24, 2.45) is 5.92 Å². The van der Waals surface area contributed by atoms with Gasteiger partial charge in [0, 0.05) is 6.20 Å². The quantitative estimate of drug-likeness (QED) is 0.526. The van der Waals surface area contributed by atoms with Crippen molar-refractivity contribution in [2.45, 2.75) is 19.3 Å². The van der Waals surface area contributed by atoms with Gasteiger partial charge in [-0.2, -0.15) is 0 Å². The number of hydrogen-bond acceptors (Lipinski definition) is 4. The molecule has 1 aromatic rings. The van der Waals surface area contributed by atoms with E-state index < -0.39 is 5.91 Å². The number of amides is 1. The maximum absolute atomic E-state index is 11.7. The summed E-state index contributed by atoms with van der Waals surface area (Å²) in [4.78, 5) is 27.2. The number of nitrogens with zero attached hydrogens (tertiary/aromatic N) is 1. The molecule has 0 aliphatic heterocycles. The average molecular weight is 295 g/mol. The molecule has 0 saturated carbocycles. The van der Waals surface area contributed by atoms with Crippen LogP contribution >= 0.6 is 11.6 Å². The van der Waals surface area contributed by atoms with Crippen LogP contribution in [0.15, 0.2) is 30.5 Å². The van der Waals surface area contributed by atoms with Gasteiger partial charge in [0.25, 0.3) is 5.91 Å². The summed E-state index contributed by atoms with van der Waals surface area (Å²) in [6, 6.07) is 3.28. The maximum Gasteiger partial charge on any atom is 0.309 e. The van der Waals surface area contributed by atoms with Crippen LogP contribution in [0.1, 0.15) is 19.3 Å². The molecule has 106 valence electrons. The topological polar surface area (TPSA) is 68.3 Å². The molecule has 0 spiro atoms. The molecule has 5 nitrogen and oxygen atoms in total. The third-order valence-corrected chi connectivity index (χ3v) is 3.28. The number of carbonyl (C=O) groups excluding carboxylic acids is 2.